The van der Waals surface area contributed by atoms with Crippen LogP contribution in [0.4, 0.5) is 0 Å². The van der Waals surface area contributed by atoms with E-state index in [1.807, 2.05) is 24.8 Å². The summed E-state index contributed by atoms with van der Waals surface area (Å²) in [6, 6.07) is 1.98. The third-order valence-corrected chi connectivity index (χ3v) is 4.44. The maximum atomic E-state index is 12.0. The van der Waals surface area contributed by atoms with Gasteiger partial charge in [0.1, 0.15) is 0 Å². The Kier molecular flexibility index (Phi) is 4.10. The summed E-state index contributed by atoms with van der Waals surface area (Å²) in [7, 11) is 0. The van der Waals surface area contributed by atoms with Gasteiger partial charge in [0, 0.05) is 36.7 Å². The molecule has 1 fully saturated rings. The van der Waals surface area contributed by atoms with Gasteiger partial charge in [-0.05, 0) is 32.8 Å². The number of carbonyl (C=O) groups excluding carboxylic acids is 1. The van der Waals surface area contributed by atoms with E-state index in [1.54, 1.807) is 4.52 Å². The zero-order valence-corrected chi connectivity index (χ0v) is 13.2. The summed E-state index contributed by atoms with van der Waals surface area (Å²) in [4.78, 5) is 22.7. The topological polar surface area (TPSA) is 63.4 Å². The Morgan fingerprint density at radius 3 is 2.81 bits per heavy atom. The molecule has 1 aliphatic rings. The van der Waals surface area contributed by atoms with Gasteiger partial charge in [0.25, 0.3) is 5.78 Å². The van der Waals surface area contributed by atoms with Gasteiger partial charge >= 0.3 is 0 Å². The van der Waals surface area contributed by atoms with Crippen LogP contribution in [0.2, 0.25) is 0 Å². The monoisotopic (exact) mass is 305 g/mol. The molecule has 0 spiro atoms. The van der Waals surface area contributed by atoms with E-state index in [9.17, 15) is 4.79 Å². The lowest BCUT2D eigenvalue weighted by atomic mass is 10.4. The molecule has 0 aliphatic carbocycles. The lowest BCUT2D eigenvalue weighted by Gasteiger charge is -2.14. The minimum atomic E-state index is 0.244. The molecule has 0 saturated carbocycles. The van der Waals surface area contributed by atoms with Crippen LogP contribution in [0, 0.1) is 13.8 Å². The molecule has 0 radical (unpaired) electrons. The highest BCUT2D eigenvalue weighted by Gasteiger charge is 2.17. The molecule has 2 aromatic heterocycles. The lowest BCUT2D eigenvalue weighted by Crippen LogP contribution is -2.27. The Labute approximate surface area is 128 Å². The largest absolute Gasteiger partial charge is 0.343 e. The van der Waals surface area contributed by atoms with Gasteiger partial charge in [0.05, 0.1) is 0 Å². The van der Waals surface area contributed by atoms with E-state index < -0.39 is 0 Å². The summed E-state index contributed by atoms with van der Waals surface area (Å²) < 4.78 is 1.75. The molecule has 0 unspecified atom stereocenters. The van der Waals surface area contributed by atoms with Gasteiger partial charge in [-0.3, -0.25) is 4.79 Å². The van der Waals surface area contributed by atoms with Crippen molar-refractivity contribution in [3.8, 4) is 0 Å². The van der Waals surface area contributed by atoms with Crippen LogP contribution in [-0.4, -0.2) is 49.2 Å². The molecule has 21 heavy (non-hydrogen) atoms. The summed E-state index contributed by atoms with van der Waals surface area (Å²) in [5.74, 6) is 1.58. The summed E-state index contributed by atoms with van der Waals surface area (Å²) in [5, 5.41) is 5.11. The van der Waals surface area contributed by atoms with Crippen LogP contribution in [0.1, 0.15) is 30.7 Å². The average molecular weight is 305 g/mol. The van der Waals surface area contributed by atoms with Gasteiger partial charge in [-0.1, -0.05) is 11.8 Å². The number of aromatic nitrogens is 4. The fraction of sp³-hybridized carbons (Fsp3) is 0.571. The predicted octanol–water partition coefficient (Wildman–Crippen LogP) is 1.85. The second-order valence-corrected chi connectivity index (χ2v) is 6.39. The predicted molar refractivity (Wildman–Crippen MR) is 81.4 cm³/mol. The molecule has 0 aromatic carbocycles. The number of hydrogen-bond donors (Lipinski definition) is 0. The van der Waals surface area contributed by atoms with E-state index in [0.29, 0.717) is 23.1 Å². The third-order valence-electron chi connectivity index (χ3n) is 3.60. The second-order valence-electron chi connectivity index (χ2n) is 5.33. The minimum absolute atomic E-state index is 0.244. The van der Waals surface area contributed by atoms with Crippen molar-refractivity contribution in [2.45, 2.75) is 38.3 Å². The number of rotatable bonds is 4. The molecule has 3 rings (SSSR count). The van der Waals surface area contributed by atoms with Gasteiger partial charge < -0.3 is 4.90 Å². The zero-order valence-electron chi connectivity index (χ0n) is 12.4. The highest BCUT2D eigenvalue weighted by atomic mass is 32.2. The molecule has 0 bridgehead atoms. The number of amides is 1. The maximum Gasteiger partial charge on any atom is 0.253 e. The molecule has 1 aliphatic heterocycles. The first kappa shape index (κ1) is 14.3. The number of nitrogens with zero attached hydrogens (tertiary/aromatic N) is 5. The second kappa shape index (κ2) is 6.01. The molecule has 2 aromatic rings. The average Bonchev–Trinajstić information content (AvgIpc) is 3.07. The van der Waals surface area contributed by atoms with Gasteiger partial charge in [-0.2, -0.15) is 4.98 Å². The van der Waals surface area contributed by atoms with Gasteiger partial charge in [0.15, 0.2) is 0 Å². The minimum Gasteiger partial charge on any atom is -0.343 e. The number of thioether (sulfide) groups is 1. The zero-order chi connectivity index (χ0) is 14.8. The first-order valence-corrected chi connectivity index (χ1v) is 8.23. The molecule has 3 heterocycles. The van der Waals surface area contributed by atoms with Crippen molar-refractivity contribution >= 4 is 23.4 Å². The van der Waals surface area contributed by atoms with Crippen LogP contribution in [0.15, 0.2) is 11.2 Å². The van der Waals surface area contributed by atoms with E-state index in [0.717, 1.165) is 37.3 Å². The van der Waals surface area contributed by atoms with Crippen molar-refractivity contribution in [1.82, 2.24) is 24.5 Å². The molecule has 0 atom stereocenters. The normalized spacial score (nSPS) is 15.0. The van der Waals surface area contributed by atoms with Gasteiger partial charge in [0.2, 0.25) is 11.1 Å². The van der Waals surface area contributed by atoms with E-state index in [1.165, 1.54) is 11.8 Å². The maximum absolute atomic E-state index is 12.0. The Hall–Kier alpha value is -1.63. The Morgan fingerprint density at radius 2 is 2.05 bits per heavy atom. The lowest BCUT2D eigenvalue weighted by molar-refractivity contribution is -0.129. The summed E-state index contributed by atoms with van der Waals surface area (Å²) in [6.07, 6.45) is 2.82. The Bertz CT molecular complexity index is 663. The van der Waals surface area contributed by atoms with Crippen LogP contribution in [0.3, 0.4) is 0 Å². The molecular weight excluding hydrogens is 286 g/mol. The fourth-order valence-corrected chi connectivity index (χ4v) is 3.31. The SMILES string of the molecule is Cc1cc(C)n2nc(SCCC(=O)N3CCCC3)nc2n1. The number of fused-ring (bicyclic) bond motifs is 1. The van der Waals surface area contributed by atoms with Crippen LogP contribution in [0.5, 0.6) is 0 Å². The van der Waals surface area contributed by atoms with Gasteiger partial charge in [-0.25, -0.2) is 9.50 Å². The molecular formula is C14H19N5OS. The fourth-order valence-electron chi connectivity index (χ4n) is 2.56. The molecule has 1 saturated heterocycles. The summed E-state index contributed by atoms with van der Waals surface area (Å²) in [6.45, 7) is 5.77. The quantitative estimate of drug-likeness (QED) is 0.807. The molecule has 0 N–H and O–H groups in total. The van der Waals surface area contributed by atoms with Crippen molar-refractivity contribution in [3.63, 3.8) is 0 Å². The third kappa shape index (κ3) is 3.18. The first-order chi connectivity index (χ1) is 10.1. The summed E-state index contributed by atoms with van der Waals surface area (Å²) in [5.41, 5.74) is 1.96. The molecule has 112 valence electrons. The summed E-state index contributed by atoms with van der Waals surface area (Å²) >= 11 is 1.52. The number of aryl methyl sites for hydroxylation is 2. The van der Waals surface area contributed by atoms with Crippen LogP contribution >= 0.6 is 11.8 Å². The van der Waals surface area contributed by atoms with Crippen molar-refractivity contribution in [2.24, 2.45) is 0 Å². The highest BCUT2D eigenvalue weighted by molar-refractivity contribution is 7.99. The highest BCUT2D eigenvalue weighted by Crippen LogP contribution is 2.17. The van der Waals surface area contributed by atoms with E-state index in [4.69, 9.17) is 0 Å². The van der Waals surface area contributed by atoms with Crippen LogP contribution in [0.25, 0.3) is 5.78 Å². The molecule has 7 heteroatoms. The van der Waals surface area contributed by atoms with E-state index >= 15 is 0 Å². The number of hydrogen-bond acceptors (Lipinski definition) is 5. The first-order valence-electron chi connectivity index (χ1n) is 7.25. The standard InChI is InChI=1S/C14H19N5OS/c1-10-9-11(2)19-13(15-10)16-14(17-19)21-8-5-12(20)18-6-3-4-7-18/h9H,3-8H2,1-2H3. The van der Waals surface area contributed by atoms with Crippen LogP contribution in [-0.2, 0) is 4.79 Å². The van der Waals surface area contributed by atoms with Crippen molar-refractivity contribution in [3.05, 3.63) is 17.5 Å². The van der Waals surface area contributed by atoms with E-state index in [2.05, 4.69) is 15.1 Å². The molecule has 6 nitrogen and oxygen atoms in total. The smallest absolute Gasteiger partial charge is 0.253 e. The van der Waals surface area contributed by atoms with Crippen LogP contribution < -0.4 is 0 Å². The van der Waals surface area contributed by atoms with Gasteiger partial charge in [-0.15, -0.1) is 5.10 Å². The van der Waals surface area contributed by atoms with Crippen molar-refractivity contribution in [1.29, 1.82) is 0 Å². The number of likely N-dealkylation sites (tertiary alicyclic amines) is 1. The number of carbonyl (C=O) groups is 1. The van der Waals surface area contributed by atoms with E-state index in [-0.39, 0.29) is 5.91 Å². The van der Waals surface area contributed by atoms with Crippen molar-refractivity contribution < 1.29 is 4.79 Å². The Balaban J connectivity index is 1.60. The van der Waals surface area contributed by atoms with Crippen molar-refractivity contribution in [2.75, 3.05) is 18.8 Å². The molecule has 1 amide bonds. The Morgan fingerprint density at radius 1 is 1.29 bits per heavy atom.